The third kappa shape index (κ3) is 5.72. The van der Waals surface area contributed by atoms with Gasteiger partial charge in [0.25, 0.3) is 0 Å². The van der Waals surface area contributed by atoms with Crippen molar-refractivity contribution in [1.82, 2.24) is 4.90 Å². The Morgan fingerprint density at radius 2 is 1.88 bits per heavy atom. The van der Waals surface area contributed by atoms with Crippen molar-refractivity contribution in [2.45, 2.75) is 39.2 Å². The van der Waals surface area contributed by atoms with Crippen LogP contribution >= 0.6 is 0 Å². The van der Waals surface area contributed by atoms with Crippen LogP contribution in [0.3, 0.4) is 0 Å². The lowest BCUT2D eigenvalue weighted by Crippen LogP contribution is -2.33. The molecular weight excluding hydrogens is 306 g/mol. The second-order valence-corrected chi connectivity index (χ2v) is 5.65. The van der Waals surface area contributed by atoms with Crippen molar-refractivity contribution in [3.05, 3.63) is 35.9 Å². The smallest absolute Gasteiger partial charge is 0.307 e. The van der Waals surface area contributed by atoms with Gasteiger partial charge in [0.05, 0.1) is 19.6 Å². The summed E-state index contributed by atoms with van der Waals surface area (Å²) in [6, 6.07) is 7.85. The van der Waals surface area contributed by atoms with Crippen LogP contribution in [0.25, 0.3) is 6.08 Å². The molecule has 0 spiro atoms. The Morgan fingerprint density at radius 3 is 2.46 bits per heavy atom. The zero-order valence-corrected chi connectivity index (χ0v) is 14.4. The van der Waals surface area contributed by atoms with Gasteiger partial charge in [0, 0.05) is 18.7 Å². The number of carbonyl (C=O) groups excluding carboxylic acids is 2. The monoisotopic (exact) mass is 331 g/mol. The molecular formula is C19H25NO4. The van der Waals surface area contributed by atoms with Crippen LogP contribution in [-0.2, 0) is 14.3 Å². The molecule has 1 amide bonds. The van der Waals surface area contributed by atoms with Gasteiger partial charge >= 0.3 is 5.97 Å². The summed E-state index contributed by atoms with van der Waals surface area (Å²) in [4.78, 5) is 25.7. The lowest BCUT2D eigenvalue weighted by atomic mass is 10.2. The molecule has 2 rings (SSSR count). The van der Waals surface area contributed by atoms with Crippen molar-refractivity contribution >= 4 is 18.0 Å². The zero-order valence-electron chi connectivity index (χ0n) is 14.4. The third-order valence-electron chi connectivity index (χ3n) is 3.74. The van der Waals surface area contributed by atoms with Crippen molar-refractivity contribution < 1.29 is 19.1 Å². The lowest BCUT2D eigenvalue weighted by Gasteiger charge is -2.20. The Balaban J connectivity index is 1.90. The van der Waals surface area contributed by atoms with Crippen molar-refractivity contribution in [3.63, 3.8) is 0 Å². The Morgan fingerprint density at radius 1 is 1.17 bits per heavy atom. The number of rotatable bonds is 9. The van der Waals surface area contributed by atoms with Gasteiger partial charge < -0.3 is 14.4 Å². The van der Waals surface area contributed by atoms with E-state index in [0.717, 1.165) is 24.2 Å². The summed E-state index contributed by atoms with van der Waals surface area (Å²) in [5, 5.41) is 0. The van der Waals surface area contributed by atoms with Crippen LogP contribution < -0.4 is 4.74 Å². The molecule has 24 heavy (non-hydrogen) atoms. The summed E-state index contributed by atoms with van der Waals surface area (Å²) in [6.45, 7) is 5.13. The van der Waals surface area contributed by atoms with Crippen LogP contribution in [0.2, 0.25) is 0 Å². The highest BCUT2D eigenvalue weighted by molar-refractivity contribution is 5.92. The van der Waals surface area contributed by atoms with E-state index in [9.17, 15) is 9.59 Å². The van der Waals surface area contributed by atoms with Crippen LogP contribution in [0, 0.1) is 0 Å². The zero-order chi connectivity index (χ0) is 17.4. The minimum Gasteiger partial charge on any atom is -0.494 e. The molecule has 5 heteroatoms. The van der Waals surface area contributed by atoms with Crippen LogP contribution in [-0.4, -0.2) is 42.6 Å². The first-order chi connectivity index (χ1) is 11.6. The molecule has 0 aromatic heterocycles. The maximum Gasteiger partial charge on any atom is 0.307 e. The third-order valence-corrected chi connectivity index (χ3v) is 3.74. The normalized spacial score (nSPS) is 13.8. The van der Waals surface area contributed by atoms with E-state index < -0.39 is 0 Å². The van der Waals surface area contributed by atoms with Crippen molar-refractivity contribution in [3.8, 4) is 5.75 Å². The minimum absolute atomic E-state index is 0.0596. The molecule has 1 aromatic carbocycles. The topological polar surface area (TPSA) is 55.8 Å². The van der Waals surface area contributed by atoms with E-state index in [0.29, 0.717) is 19.8 Å². The summed E-state index contributed by atoms with van der Waals surface area (Å²) >= 11 is 0. The molecule has 1 aliphatic rings. The van der Waals surface area contributed by atoms with Crippen LogP contribution in [0.1, 0.15) is 38.7 Å². The Labute approximate surface area is 143 Å². The summed E-state index contributed by atoms with van der Waals surface area (Å²) in [6.07, 6.45) is 5.61. The largest absolute Gasteiger partial charge is 0.494 e. The fourth-order valence-electron chi connectivity index (χ4n) is 2.41. The van der Waals surface area contributed by atoms with E-state index in [1.807, 2.05) is 31.2 Å². The molecule has 5 nitrogen and oxygen atoms in total. The first-order valence-electron chi connectivity index (χ1n) is 8.51. The molecule has 0 bridgehead atoms. The average Bonchev–Trinajstić information content (AvgIpc) is 3.40. The quantitative estimate of drug-likeness (QED) is 0.515. The highest BCUT2D eigenvalue weighted by atomic mass is 16.5. The summed E-state index contributed by atoms with van der Waals surface area (Å²) in [5.41, 5.74) is 0.938. The molecule has 0 radical (unpaired) electrons. The van der Waals surface area contributed by atoms with Gasteiger partial charge in [0.2, 0.25) is 5.91 Å². The predicted octanol–water partition coefficient (Wildman–Crippen LogP) is 3.04. The fourth-order valence-corrected chi connectivity index (χ4v) is 2.41. The molecule has 0 atom stereocenters. The van der Waals surface area contributed by atoms with E-state index in [-0.39, 0.29) is 24.3 Å². The van der Waals surface area contributed by atoms with Gasteiger partial charge in [-0.2, -0.15) is 0 Å². The van der Waals surface area contributed by atoms with Crippen LogP contribution in [0.4, 0.5) is 0 Å². The highest BCUT2D eigenvalue weighted by Gasteiger charge is 2.31. The molecule has 0 unspecified atom stereocenters. The average molecular weight is 331 g/mol. The number of hydrogen-bond donors (Lipinski definition) is 0. The van der Waals surface area contributed by atoms with Crippen molar-refractivity contribution in [1.29, 1.82) is 0 Å². The number of amides is 1. The maximum absolute atomic E-state index is 12.4. The Kier molecular flexibility index (Phi) is 6.85. The van der Waals surface area contributed by atoms with Gasteiger partial charge in [-0.15, -0.1) is 0 Å². The van der Waals surface area contributed by atoms with Crippen molar-refractivity contribution in [2.75, 3.05) is 19.8 Å². The van der Waals surface area contributed by atoms with Gasteiger partial charge in [-0.1, -0.05) is 12.1 Å². The number of esters is 1. The molecule has 0 aliphatic heterocycles. The minimum atomic E-state index is -0.258. The standard InChI is InChI=1S/C19H25NO4/c1-3-23-17-10-5-15(6-11-17)7-12-18(21)20(16-8-9-16)14-13-19(22)24-4-2/h5-7,10-12,16H,3-4,8-9,13-14H2,1-2H3/b12-7+. The van der Waals surface area contributed by atoms with Crippen LogP contribution in [0.5, 0.6) is 5.75 Å². The molecule has 130 valence electrons. The molecule has 1 aliphatic carbocycles. The number of carbonyl (C=O) groups is 2. The Bertz CT molecular complexity index is 576. The molecule has 0 N–H and O–H groups in total. The van der Waals surface area contributed by atoms with E-state index in [1.165, 1.54) is 0 Å². The maximum atomic E-state index is 12.4. The SMILES string of the molecule is CCOC(=O)CCN(C(=O)/C=C/c1ccc(OCC)cc1)C1CC1. The van der Waals surface area contributed by atoms with Crippen molar-refractivity contribution in [2.24, 2.45) is 0 Å². The Hall–Kier alpha value is -2.30. The molecule has 1 fully saturated rings. The van der Waals surface area contributed by atoms with Gasteiger partial charge in [0.15, 0.2) is 0 Å². The number of hydrogen-bond acceptors (Lipinski definition) is 4. The van der Waals surface area contributed by atoms with Gasteiger partial charge in [0.1, 0.15) is 5.75 Å². The van der Waals surface area contributed by atoms with E-state index >= 15 is 0 Å². The van der Waals surface area contributed by atoms with E-state index in [1.54, 1.807) is 24.0 Å². The highest BCUT2D eigenvalue weighted by Crippen LogP contribution is 2.27. The lowest BCUT2D eigenvalue weighted by molar-refractivity contribution is -0.143. The molecule has 1 aromatic rings. The summed E-state index contributed by atoms with van der Waals surface area (Å²) < 4.78 is 10.3. The first kappa shape index (κ1) is 18.0. The predicted molar refractivity (Wildman–Crippen MR) is 92.6 cm³/mol. The van der Waals surface area contributed by atoms with Crippen LogP contribution in [0.15, 0.2) is 30.3 Å². The molecule has 1 saturated carbocycles. The second-order valence-electron chi connectivity index (χ2n) is 5.65. The molecule has 0 heterocycles. The van der Waals surface area contributed by atoms with E-state index in [2.05, 4.69) is 0 Å². The fraction of sp³-hybridized carbons (Fsp3) is 0.474. The number of nitrogens with zero attached hydrogens (tertiary/aromatic N) is 1. The second kappa shape index (κ2) is 9.11. The van der Waals surface area contributed by atoms with E-state index in [4.69, 9.17) is 9.47 Å². The van der Waals surface area contributed by atoms with Gasteiger partial charge in [-0.05, 0) is 50.5 Å². The number of ether oxygens (including phenoxy) is 2. The first-order valence-corrected chi connectivity index (χ1v) is 8.51. The summed E-state index contributed by atoms with van der Waals surface area (Å²) in [5.74, 6) is 0.497. The molecule has 0 saturated heterocycles. The summed E-state index contributed by atoms with van der Waals surface area (Å²) in [7, 11) is 0. The van der Waals surface area contributed by atoms with Gasteiger partial charge in [-0.3, -0.25) is 9.59 Å². The number of benzene rings is 1. The van der Waals surface area contributed by atoms with Gasteiger partial charge in [-0.25, -0.2) is 0 Å².